The molecule has 0 saturated carbocycles. The molecule has 25 heavy (non-hydrogen) atoms. The minimum absolute atomic E-state index is 0.0200. The van der Waals surface area contributed by atoms with Gasteiger partial charge in [0.15, 0.2) is 0 Å². The van der Waals surface area contributed by atoms with Crippen LogP contribution in [0.3, 0.4) is 0 Å². The van der Waals surface area contributed by atoms with E-state index in [0.717, 1.165) is 12.2 Å². The van der Waals surface area contributed by atoms with E-state index in [0.29, 0.717) is 29.4 Å². The van der Waals surface area contributed by atoms with Crippen molar-refractivity contribution in [3.05, 3.63) is 70.5 Å². The summed E-state index contributed by atoms with van der Waals surface area (Å²) < 4.78 is 37.5. The van der Waals surface area contributed by atoms with Gasteiger partial charge in [0.25, 0.3) is 5.69 Å². The number of benzene rings is 1. The summed E-state index contributed by atoms with van der Waals surface area (Å²) in [6.07, 6.45) is 2.22. The molecule has 0 amide bonds. The number of nitrogens with zero attached hydrogens (tertiary/aromatic N) is 2. The number of nitro benzene ring substituents is 1. The van der Waals surface area contributed by atoms with Crippen molar-refractivity contribution in [1.82, 2.24) is 10.2 Å². The molecular weight excluding hydrogens is 335 g/mol. The van der Waals surface area contributed by atoms with Crippen LogP contribution in [-0.2, 0) is 6.42 Å². The Bertz CT molecular complexity index is 835. The highest BCUT2D eigenvalue weighted by molar-refractivity contribution is 5.83. The van der Waals surface area contributed by atoms with Crippen LogP contribution in [0.2, 0.25) is 0 Å². The van der Waals surface area contributed by atoms with Crippen LogP contribution in [-0.4, -0.2) is 21.3 Å². The highest BCUT2D eigenvalue weighted by Crippen LogP contribution is 2.26. The summed E-state index contributed by atoms with van der Waals surface area (Å²) in [5.74, 6) is 0. The number of rotatable bonds is 7. The van der Waals surface area contributed by atoms with Gasteiger partial charge >= 0.3 is 6.18 Å². The van der Waals surface area contributed by atoms with E-state index in [-0.39, 0.29) is 12.1 Å². The van der Waals surface area contributed by atoms with Crippen molar-refractivity contribution >= 4 is 16.6 Å². The van der Waals surface area contributed by atoms with E-state index < -0.39 is 16.7 Å². The first-order chi connectivity index (χ1) is 11.8. The number of aromatic amines is 1. The molecule has 1 N–H and O–H groups in total. The molecule has 0 aliphatic carbocycles. The number of hydrogen-bond acceptors (Lipinski definition) is 3. The van der Waals surface area contributed by atoms with Crippen LogP contribution in [0.4, 0.5) is 18.9 Å². The molecule has 0 atom stereocenters. The van der Waals surface area contributed by atoms with Gasteiger partial charge in [0, 0.05) is 29.6 Å². The van der Waals surface area contributed by atoms with Gasteiger partial charge in [-0.2, -0.15) is 18.3 Å². The van der Waals surface area contributed by atoms with Crippen LogP contribution in [0, 0.1) is 10.1 Å². The van der Waals surface area contributed by atoms with Crippen LogP contribution in [0.15, 0.2) is 54.7 Å². The van der Waals surface area contributed by atoms with E-state index in [1.165, 1.54) is 12.1 Å². The van der Waals surface area contributed by atoms with Gasteiger partial charge in [0.2, 0.25) is 0 Å². The lowest BCUT2D eigenvalue weighted by Crippen LogP contribution is -2.09. The zero-order valence-corrected chi connectivity index (χ0v) is 13.2. The van der Waals surface area contributed by atoms with Gasteiger partial charge in [0.05, 0.1) is 16.0 Å². The van der Waals surface area contributed by atoms with E-state index in [1.54, 1.807) is 18.2 Å². The molecule has 1 aromatic carbocycles. The smallest absolute Gasteiger partial charge is 0.281 e. The largest absolute Gasteiger partial charge is 0.416 e. The predicted octanol–water partition coefficient (Wildman–Crippen LogP) is 5.02. The second-order valence-corrected chi connectivity index (χ2v) is 5.27. The van der Waals surface area contributed by atoms with E-state index >= 15 is 0 Å². The molecule has 0 aliphatic heterocycles. The Balaban J connectivity index is 1.97. The number of hydrogen-bond donors (Lipinski definition) is 1. The fourth-order valence-corrected chi connectivity index (χ4v) is 2.29. The topological polar surface area (TPSA) is 71.8 Å². The Labute approximate surface area is 141 Å². The van der Waals surface area contributed by atoms with Crippen molar-refractivity contribution in [2.45, 2.75) is 25.4 Å². The molecule has 5 nitrogen and oxygen atoms in total. The summed E-state index contributed by atoms with van der Waals surface area (Å²) in [5, 5.41) is 18.4. The summed E-state index contributed by atoms with van der Waals surface area (Å²) in [5.41, 5.74) is 0.575. The van der Waals surface area contributed by atoms with Crippen LogP contribution in [0.25, 0.3) is 10.9 Å². The molecule has 2 rings (SSSR count). The third kappa shape index (κ3) is 4.79. The second kappa shape index (κ2) is 7.78. The molecule has 0 bridgehead atoms. The van der Waals surface area contributed by atoms with Gasteiger partial charge in [-0.25, -0.2) is 0 Å². The molecule has 1 heterocycles. The molecule has 0 aliphatic rings. The van der Waals surface area contributed by atoms with E-state index in [4.69, 9.17) is 0 Å². The number of allylic oxidation sites excluding steroid dienone is 5. The number of halogens is 3. The Morgan fingerprint density at radius 1 is 1.32 bits per heavy atom. The van der Waals surface area contributed by atoms with Gasteiger partial charge in [-0.05, 0) is 18.9 Å². The van der Waals surface area contributed by atoms with Gasteiger partial charge in [-0.3, -0.25) is 15.2 Å². The van der Waals surface area contributed by atoms with Gasteiger partial charge in [0.1, 0.15) is 0 Å². The number of alkyl halides is 3. The highest BCUT2D eigenvalue weighted by Gasteiger charge is 2.30. The van der Waals surface area contributed by atoms with Crippen LogP contribution < -0.4 is 0 Å². The summed E-state index contributed by atoms with van der Waals surface area (Å²) >= 11 is 0. The Morgan fingerprint density at radius 2 is 2.08 bits per heavy atom. The average molecular weight is 351 g/mol. The monoisotopic (exact) mass is 351 g/mol. The van der Waals surface area contributed by atoms with Gasteiger partial charge < -0.3 is 0 Å². The SMILES string of the molecule is C=C/C(=C\CC/C=C\Cc1[nH]nc2ccc([N+](=O)[O-])cc12)C(F)(F)F. The fourth-order valence-electron chi connectivity index (χ4n) is 2.29. The van der Waals surface area contributed by atoms with Gasteiger partial charge in [-0.15, -0.1) is 0 Å². The van der Waals surface area contributed by atoms with Gasteiger partial charge in [-0.1, -0.05) is 30.9 Å². The molecular formula is C17H16F3N3O2. The highest BCUT2D eigenvalue weighted by atomic mass is 19.4. The molecule has 2 aromatic rings. The maximum Gasteiger partial charge on any atom is 0.416 e. The molecule has 0 unspecified atom stereocenters. The number of H-pyrrole nitrogens is 1. The van der Waals surface area contributed by atoms with E-state index in [1.807, 2.05) is 0 Å². The molecule has 8 heteroatoms. The number of nitro groups is 1. The van der Waals surface area contributed by atoms with Crippen molar-refractivity contribution in [3.8, 4) is 0 Å². The number of nitrogens with one attached hydrogen (secondary N) is 1. The quantitative estimate of drug-likeness (QED) is 0.250. The lowest BCUT2D eigenvalue weighted by molar-refractivity contribution is -0.384. The third-order valence-corrected chi connectivity index (χ3v) is 3.56. The predicted molar refractivity (Wildman–Crippen MR) is 89.2 cm³/mol. The zero-order chi connectivity index (χ0) is 18.4. The normalized spacial score (nSPS) is 12.8. The second-order valence-electron chi connectivity index (χ2n) is 5.27. The number of fused-ring (bicyclic) bond motifs is 1. The molecule has 0 spiro atoms. The Hall–Kier alpha value is -2.90. The lowest BCUT2D eigenvalue weighted by atomic mass is 10.1. The number of non-ortho nitro benzene ring substituents is 1. The number of aromatic nitrogens is 2. The van der Waals surface area contributed by atoms with Crippen molar-refractivity contribution in [1.29, 1.82) is 0 Å². The van der Waals surface area contributed by atoms with E-state index in [2.05, 4.69) is 16.8 Å². The average Bonchev–Trinajstić information content (AvgIpc) is 2.95. The molecule has 0 fully saturated rings. The zero-order valence-electron chi connectivity index (χ0n) is 13.2. The summed E-state index contributed by atoms with van der Waals surface area (Å²) in [6.45, 7) is 3.16. The van der Waals surface area contributed by atoms with Crippen molar-refractivity contribution in [3.63, 3.8) is 0 Å². The first kappa shape index (κ1) is 18.4. The molecule has 0 saturated heterocycles. The Morgan fingerprint density at radius 3 is 2.72 bits per heavy atom. The van der Waals surface area contributed by atoms with E-state index in [9.17, 15) is 23.3 Å². The molecule has 132 valence electrons. The summed E-state index contributed by atoms with van der Waals surface area (Å²) in [4.78, 5) is 10.4. The standard InChI is InChI=1S/C17H16F3N3O2/c1-2-12(17(18,19)20)7-5-3-4-6-8-15-14-11-13(23(24)25)9-10-16(14)22-21-15/h2,4,6-7,9-11H,1,3,5,8H2,(H,21,22)/b6-4-,12-7+. The first-order valence-corrected chi connectivity index (χ1v) is 7.49. The minimum atomic E-state index is -4.38. The first-order valence-electron chi connectivity index (χ1n) is 7.49. The third-order valence-electron chi connectivity index (χ3n) is 3.56. The molecule has 1 aromatic heterocycles. The van der Waals surface area contributed by atoms with Crippen molar-refractivity contribution in [2.75, 3.05) is 0 Å². The lowest BCUT2D eigenvalue weighted by Gasteiger charge is -2.06. The fraction of sp³-hybridized carbons (Fsp3) is 0.235. The van der Waals surface area contributed by atoms with Crippen LogP contribution in [0.1, 0.15) is 18.5 Å². The Kier molecular flexibility index (Phi) is 5.74. The maximum atomic E-state index is 12.5. The maximum absolute atomic E-state index is 12.5. The van der Waals surface area contributed by atoms with Crippen molar-refractivity contribution < 1.29 is 18.1 Å². The summed E-state index contributed by atoms with van der Waals surface area (Å²) in [6, 6.07) is 4.40. The molecule has 0 radical (unpaired) electrons. The number of unbranched alkanes of at least 4 members (excludes halogenated alkanes) is 1. The minimum Gasteiger partial charge on any atom is -0.281 e. The van der Waals surface area contributed by atoms with Crippen LogP contribution >= 0.6 is 0 Å². The van der Waals surface area contributed by atoms with Crippen LogP contribution in [0.5, 0.6) is 0 Å². The van der Waals surface area contributed by atoms with Crippen molar-refractivity contribution in [2.24, 2.45) is 0 Å². The summed E-state index contributed by atoms with van der Waals surface area (Å²) in [7, 11) is 0.